The molecule has 0 atom stereocenters. The van der Waals surface area contributed by atoms with Gasteiger partial charge in [0.05, 0.1) is 0 Å². The number of nitrogens with zero attached hydrogens (tertiary/aromatic N) is 4. The first-order valence-electron chi connectivity index (χ1n) is 9.53. The van der Waals surface area contributed by atoms with Gasteiger partial charge < -0.3 is 10.2 Å². The molecular weight excluding hydrogens is 338 g/mol. The van der Waals surface area contributed by atoms with Crippen molar-refractivity contribution in [2.75, 3.05) is 24.5 Å². The van der Waals surface area contributed by atoms with Crippen LogP contribution in [0.1, 0.15) is 36.9 Å². The van der Waals surface area contributed by atoms with Gasteiger partial charge in [-0.1, -0.05) is 30.3 Å². The first-order valence-corrected chi connectivity index (χ1v) is 9.53. The van der Waals surface area contributed by atoms with Gasteiger partial charge >= 0.3 is 0 Å². The van der Waals surface area contributed by atoms with Crippen LogP contribution in [-0.2, 0) is 11.2 Å². The van der Waals surface area contributed by atoms with E-state index in [9.17, 15) is 4.79 Å². The zero-order chi connectivity index (χ0) is 18.9. The highest BCUT2D eigenvalue weighted by Crippen LogP contribution is 2.22. The van der Waals surface area contributed by atoms with Crippen LogP contribution in [0.2, 0.25) is 0 Å². The number of aromatic nitrogens is 2. The summed E-state index contributed by atoms with van der Waals surface area (Å²) in [5, 5.41) is 12.2. The number of nitrogens with one attached hydrogen (secondary N) is 1. The second-order valence-corrected chi connectivity index (χ2v) is 6.91. The van der Waals surface area contributed by atoms with E-state index >= 15 is 0 Å². The fraction of sp³-hybridized carbons (Fsp3) is 0.429. The lowest BCUT2D eigenvalue weighted by atomic mass is 9.96. The van der Waals surface area contributed by atoms with Crippen LogP contribution < -0.4 is 10.2 Å². The second kappa shape index (κ2) is 9.67. The zero-order valence-corrected chi connectivity index (χ0v) is 15.5. The highest BCUT2D eigenvalue weighted by Gasteiger charge is 2.22. The third kappa shape index (κ3) is 5.52. The molecule has 0 spiro atoms. The van der Waals surface area contributed by atoms with Crippen LogP contribution in [0.15, 0.2) is 42.7 Å². The Morgan fingerprint density at radius 1 is 1.19 bits per heavy atom. The van der Waals surface area contributed by atoms with E-state index in [2.05, 4.69) is 38.4 Å². The maximum absolute atomic E-state index is 12.1. The van der Waals surface area contributed by atoms with E-state index in [1.807, 2.05) is 18.2 Å². The summed E-state index contributed by atoms with van der Waals surface area (Å²) in [6.07, 6.45) is 7.50. The normalized spacial score (nSPS) is 14.6. The van der Waals surface area contributed by atoms with Gasteiger partial charge in [0.2, 0.25) is 5.91 Å². The standard InChI is InChI=1S/C21H25N5O/c22-15-19-21(24-12-11-23-19)26-13-9-18(10-14-26)16-25-20(27)8-4-7-17-5-2-1-3-6-17/h1-3,5-6,11-12,18H,4,7-10,13-14,16H2,(H,25,27). The number of carbonyl (C=O) groups excluding carboxylic acids is 1. The number of anilines is 1. The van der Waals surface area contributed by atoms with Crippen LogP contribution in [0.3, 0.4) is 0 Å². The molecule has 0 unspecified atom stereocenters. The van der Waals surface area contributed by atoms with Gasteiger partial charge in [-0.2, -0.15) is 5.26 Å². The van der Waals surface area contributed by atoms with Crippen LogP contribution in [0.4, 0.5) is 5.82 Å². The highest BCUT2D eigenvalue weighted by molar-refractivity contribution is 5.75. The number of amides is 1. The van der Waals surface area contributed by atoms with Gasteiger partial charge in [-0.25, -0.2) is 9.97 Å². The van der Waals surface area contributed by atoms with Crippen molar-refractivity contribution < 1.29 is 4.79 Å². The average Bonchev–Trinajstić information content (AvgIpc) is 2.73. The van der Waals surface area contributed by atoms with Gasteiger partial charge in [0.25, 0.3) is 0 Å². The summed E-state index contributed by atoms with van der Waals surface area (Å²) < 4.78 is 0. The molecule has 1 saturated heterocycles. The van der Waals surface area contributed by atoms with Crippen LogP contribution in [0, 0.1) is 17.2 Å². The molecule has 27 heavy (non-hydrogen) atoms. The maximum Gasteiger partial charge on any atom is 0.220 e. The summed E-state index contributed by atoms with van der Waals surface area (Å²) in [5.74, 6) is 1.28. The number of carbonyl (C=O) groups is 1. The lowest BCUT2D eigenvalue weighted by Crippen LogP contribution is -2.39. The molecule has 0 radical (unpaired) electrons. The van der Waals surface area contributed by atoms with E-state index in [0.717, 1.165) is 45.3 Å². The monoisotopic (exact) mass is 363 g/mol. The van der Waals surface area contributed by atoms with Crippen molar-refractivity contribution in [1.82, 2.24) is 15.3 Å². The molecule has 1 N–H and O–H groups in total. The number of hydrogen-bond donors (Lipinski definition) is 1. The Kier molecular flexibility index (Phi) is 6.75. The van der Waals surface area contributed by atoms with Crippen LogP contribution in [-0.4, -0.2) is 35.5 Å². The number of nitriles is 1. The smallest absolute Gasteiger partial charge is 0.220 e. The van der Waals surface area contributed by atoms with Crippen LogP contribution >= 0.6 is 0 Å². The molecule has 140 valence electrons. The Morgan fingerprint density at radius 3 is 2.67 bits per heavy atom. The van der Waals surface area contributed by atoms with Gasteiger partial charge in [0.1, 0.15) is 6.07 Å². The first kappa shape index (κ1) is 18.8. The minimum Gasteiger partial charge on any atom is -0.356 e. The molecule has 1 aromatic carbocycles. The molecule has 1 aromatic heterocycles. The molecule has 0 saturated carbocycles. The van der Waals surface area contributed by atoms with Gasteiger partial charge in [0.15, 0.2) is 11.5 Å². The summed E-state index contributed by atoms with van der Waals surface area (Å²) >= 11 is 0. The van der Waals surface area contributed by atoms with Crippen molar-refractivity contribution in [2.24, 2.45) is 5.92 Å². The molecule has 1 fully saturated rings. The lowest BCUT2D eigenvalue weighted by Gasteiger charge is -2.32. The fourth-order valence-electron chi connectivity index (χ4n) is 3.43. The lowest BCUT2D eigenvalue weighted by molar-refractivity contribution is -0.121. The Balaban J connectivity index is 1.36. The van der Waals surface area contributed by atoms with E-state index in [0.29, 0.717) is 23.9 Å². The molecule has 1 aliphatic rings. The number of hydrogen-bond acceptors (Lipinski definition) is 5. The predicted octanol–water partition coefficient (Wildman–Crippen LogP) is 2.70. The molecule has 6 nitrogen and oxygen atoms in total. The molecule has 0 aliphatic carbocycles. The van der Waals surface area contributed by atoms with Crippen molar-refractivity contribution in [3.05, 3.63) is 54.0 Å². The molecule has 0 bridgehead atoms. The van der Waals surface area contributed by atoms with E-state index in [4.69, 9.17) is 5.26 Å². The van der Waals surface area contributed by atoms with E-state index in [1.165, 1.54) is 5.56 Å². The third-order valence-corrected chi connectivity index (χ3v) is 5.00. The number of rotatable bonds is 7. The number of aryl methyl sites for hydroxylation is 1. The third-order valence-electron chi connectivity index (χ3n) is 5.00. The molecule has 2 heterocycles. The van der Waals surface area contributed by atoms with Crippen molar-refractivity contribution in [3.63, 3.8) is 0 Å². The molecule has 2 aromatic rings. The van der Waals surface area contributed by atoms with Gasteiger partial charge in [-0.3, -0.25) is 4.79 Å². The van der Waals surface area contributed by atoms with Gasteiger partial charge in [-0.15, -0.1) is 0 Å². The van der Waals surface area contributed by atoms with Gasteiger partial charge in [-0.05, 0) is 37.2 Å². The Bertz CT molecular complexity index is 779. The van der Waals surface area contributed by atoms with E-state index in [-0.39, 0.29) is 5.91 Å². The maximum atomic E-state index is 12.1. The minimum absolute atomic E-state index is 0.133. The highest BCUT2D eigenvalue weighted by atomic mass is 16.1. The van der Waals surface area contributed by atoms with Crippen molar-refractivity contribution in [3.8, 4) is 6.07 Å². The summed E-state index contributed by atoms with van der Waals surface area (Å²) in [6, 6.07) is 12.4. The summed E-state index contributed by atoms with van der Waals surface area (Å²) in [4.78, 5) is 22.6. The summed E-state index contributed by atoms with van der Waals surface area (Å²) in [6.45, 7) is 2.40. The SMILES string of the molecule is N#Cc1nccnc1N1CCC(CNC(=O)CCCc2ccccc2)CC1. The summed E-state index contributed by atoms with van der Waals surface area (Å²) in [7, 11) is 0. The fourth-order valence-corrected chi connectivity index (χ4v) is 3.43. The first-order chi connectivity index (χ1) is 13.3. The van der Waals surface area contributed by atoms with Gasteiger partial charge in [0, 0.05) is 38.4 Å². The zero-order valence-electron chi connectivity index (χ0n) is 15.5. The average molecular weight is 363 g/mol. The molecular formula is C21H25N5O. The molecule has 1 aliphatic heterocycles. The van der Waals surface area contributed by atoms with Crippen LogP contribution in [0.5, 0.6) is 0 Å². The quantitative estimate of drug-likeness (QED) is 0.818. The van der Waals surface area contributed by atoms with Crippen molar-refractivity contribution >= 4 is 11.7 Å². The Hall–Kier alpha value is -2.94. The van der Waals surface area contributed by atoms with Crippen LogP contribution in [0.25, 0.3) is 0 Å². The largest absolute Gasteiger partial charge is 0.356 e. The Morgan fingerprint density at radius 2 is 1.93 bits per heavy atom. The number of piperidine rings is 1. The topological polar surface area (TPSA) is 81.9 Å². The van der Waals surface area contributed by atoms with Crippen molar-refractivity contribution in [1.29, 1.82) is 5.26 Å². The second-order valence-electron chi connectivity index (χ2n) is 6.91. The van der Waals surface area contributed by atoms with Crippen molar-refractivity contribution in [2.45, 2.75) is 32.1 Å². The van der Waals surface area contributed by atoms with E-state index in [1.54, 1.807) is 12.4 Å². The predicted molar refractivity (Wildman–Crippen MR) is 104 cm³/mol. The molecule has 6 heteroatoms. The molecule has 1 amide bonds. The number of benzene rings is 1. The Labute approximate surface area is 160 Å². The minimum atomic E-state index is 0.133. The molecule has 3 rings (SSSR count). The summed E-state index contributed by atoms with van der Waals surface area (Å²) in [5.41, 5.74) is 1.65. The van der Waals surface area contributed by atoms with E-state index < -0.39 is 0 Å².